The number of hydrogen-bond acceptors (Lipinski definition) is 1. The van der Waals surface area contributed by atoms with E-state index in [1.807, 2.05) is 0 Å². The van der Waals surface area contributed by atoms with E-state index in [1.165, 1.54) is 25.7 Å². The molecule has 0 aromatic heterocycles. The molecular formula is C14H20ClFO. The van der Waals surface area contributed by atoms with Crippen LogP contribution in [0.15, 0.2) is 24.3 Å². The number of rotatable bonds is 8. The van der Waals surface area contributed by atoms with Crippen LogP contribution in [-0.2, 0) is 0 Å². The summed E-state index contributed by atoms with van der Waals surface area (Å²) in [7, 11) is 0. The number of ether oxygens (including phenoxy) is 1. The fourth-order valence-corrected chi connectivity index (χ4v) is 1.75. The molecule has 0 spiro atoms. The number of alkyl halides is 2. The van der Waals surface area contributed by atoms with Gasteiger partial charge in [-0.1, -0.05) is 56.3 Å². The molecule has 0 saturated heterocycles. The summed E-state index contributed by atoms with van der Waals surface area (Å²) in [4.78, 5) is 0. The molecule has 1 aromatic carbocycles. The molecule has 1 nitrogen and oxygen atoms in total. The Morgan fingerprint density at radius 1 is 1.12 bits per heavy atom. The van der Waals surface area contributed by atoms with E-state index in [4.69, 9.17) is 16.3 Å². The largest absolute Gasteiger partial charge is 0.494 e. The van der Waals surface area contributed by atoms with Crippen molar-refractivity contribution in [3.05, 3.63) is 29.8 Å². The van der Waals surface area contributed by atoms with E-state index in [0.717, 1.165) is 18.8 Å². The first-order valence-corrected chi connectivity index (χ1v) is 6.68. The first-order chi connectivity index (χ1) is 8.24. The Kier molecular flexibility index (Phi) is 7.02. The standard InChI is InChI=1S/C14H20ClFO/c1-2-3-4-5-6-11-17-13-9-7-12(8-10-13)14(15)16/h7-10,14H,2-6,11H2,1H3. The second kappa shape index (κ2) is 8.35. The lowest BCUT2D eigenvalue weighted by Gasteiger charge is -2.07. The van der Waals surface area contributed by atoms with Crippen molar-refractivity contribution in [3.8, 4) is 5.75 Å². The van der Waals surface area contributed by atoms with E-state index >= 15 is 0 Å². The molecule has 0 N–H and O–H groups in total. The van der Waals surface area contributed by atoms with Gasteiger partial charge in [-0.2, -0.15) is 0 Å². The van der Waals surface area contributed by atoms with Crippen LogP contribution in [0.4, 0.5) is 4.39 Å². The minimum absolute atomic E-state index is 0.474. The van der Waals surface area contributed by atoms with Gasteiger partial charge in [0, 0.05) is 5.56 Å². The predicted octanol–water partition coefficient (Wildman–Crippen LogP) is 5.24. The van der Waals surface area contributed by atoms with Gasteiger partial charge in [0.2, 0.25) is 0 Å². The Hall–Kier alpha value is -0.760. The fraction of sp³-hybridized carbons (Fsp3) is 0.571. The van der Waals surface area contributed by atoms with E-state index in [1.54, 1.807) is 24.3 Å². The summed E-state index contributed by atoms with van der Waals surface area (Å²) in [5.74, 6) is 0.779. The van der Waals surface area contributed by atoms with E-state index in [2.05, 4.69) is 6.92 Å². The minimum atomic E-state index is -1.43. The SMILES string of the molecule is CCCCCCCOc1ccc(C(F)Cl)cc1. The molecule has 3 heteroatoms. The van der Waals surface area contributed by atoms with Crippen molar-refractivity contribution in [1.82, 2.24) is 0 Å². The van der Waals surface area contributed by atoms with Gasteiger partial charge in [-0.05, 0) is 18.6 Å². The third-order valence-corrected chi connectivity index (χ3v) is 2.90. The lowest BCUT2D eigenvalue weighted by molar-refractivity contribution is 0.304. The molecule has 1 atom stereocenters. The molecule has 0 amide bonds. The Morgan fingerprint density at radius 2 is 1.76 bits per heavy atom. The normalized spacial score (nSPS) is 12.4. The van der Waals surface area contributed by atoms with E-state index in [0.29, 0.717) is 5.56 Å². The lowest BCUT2D eigenvalue weighted by Crippen LogP contribution is -1.97. The second-order valence-electron chi connectivity index (χ2n) is 4.13. The topological polar surface area (TPSA) is 9.23 Å². The van der Waals surface area contributed by atoms with Gasteiger partial charge in [-0.3, -0.25) is 0 Å². The molecule has 0 bridgehead atoms. The minimum Gasteiger partial charge on any atom is -0.494 e. The highest BCUT2D eigenvalue weighted by molar-refractivity contribution is 6.19. The Bertz CT molecular complexity index is 298. The Labute approximate surface area is 108 Å². The molecule has 0 saturated carbocycles. The molecule has 0 aliphatic carbocycles. The van der Waals surface area contributed by atoms with Crippen molar-refractivity contribution in [3.63, 3.8) is 0 Å². The van der Waals surface area contributed by atoms with E-state index in [-0.39, 0.29) is 0 Å². The van der Waals surface area contributed by atoms with E-state index in [9.17, 15) is 4.39 Å². The van der Waals surface area contributed by atoms with Crippen LogP contribution < -0.4 is 4.74 Å². The van der Waals surface area contributed by atoms with Crippen molar-refractivity contribution >= 4 is 11.6 Å². The Balaban J connectivity index is 2.19. The molecule has 0 aliphatic rings. The van der Waals surface area contributed by atoms with Gasteiger partial charge >= 0.3 is 0 Å². The summed E-state index contributed by atoms with van der Waals surface area (Å²) >= 11 is 5.32. The van der Waals surface area contributed by atoms with Gasteiger partial charge in [0.05, 0.1) is 6.61 Å². The molecule has 1 unspecified atom stereocenters. The van der Waals surface area contributed by atoms with Gasteiger partial charge in [-0.25, -0.2) is 4.39 Å². The molecule has 96 valence electrons. The van der Waals surface area contributed by atoms with Crippen LogP contribution in [0.5, 0.6) is 5.75 Å². The number of benzene rings is 1. The van der Waals surface area contributed by atoms with Gasteiger partial charge in [0.25, 0.3) is 0 Å². The highest BCUT2D eigenvalue weighted by Crippen LogP contribution is 2.23. The van der Waals surface area contributed by atoms with Crippen LogP contribution in [0.25, 0.3) is 0 Å². The number of hydrogen-bond donors (Lipinski definition) is 0. The second-order valence-corrected chi connectivity index (χ2v) is 4.52. The van der Waals surface area contributed by atoms with Crippen LogP contribution in [0.1, 0.15) is 50.2 Å². The third-order valence-electron chi connectivity index (χ3n) is 2.65. The van der Waals surface area contributed by atoms with Crippen LogP contribution in [0, 0.1) is 0 Å². The molecule has 0 heterocycles. The summed E-state index contributed by atoms with van der Waals surface area (Å²) in [5, 5.41) is 0. The maximum atomic E-state index is 12.7. The van der Waals surface area contributed by atoms with Crippen molar-refractivity contribution in [2.75, 3.05) is 6.61 Å². The average Bonchev–Trinajstić information content (AvgIpc) is 2.34. The predicted molar refractivity (Wildman–Crippen MR) is 70.4 cm³/mol. The molecule has 0 radical (unpaired) electrons. The monoisotopic (exact) mass is 258 g/mol. The van der Waals surface area contributed by atoms with Gasteiger partial charge < -0.3 is 4.74 Å². The summed E-state index contributed by atoms with van der Waals surface area (Å²) in [6, 6.07) is 6.83. The number of halogens is 2. The average molecular weight is 259 g/mol. The van der Waals surface area contributed by atoms with Crippen LogP contribution >= 0.6 is 11.6 Å². The lowest BCUT2D eigenvalue weighted by atomic mass is 10.2. The summed E-state index contributed by atoms with van der Waals surface area (Å²) in [6.07, 6.45) is 6.10. The van der Waals surface area contributed by atoms with Gasteiger partial charge in [0.15, 0.2) is 5.63 Å². The smallest absolute Gasteiger partial charge is 0.198 e. The molecule has 1 aromatic rings. The Morgan fingerprint density at radius 3 is 2.35 bits per heavy atom. The molecule has 0 aliphatic heterocycles. The van der Waals surface area contributed by atoms with Gasteiger partial charge in [-0.15, -0.1) is 0 Å². The maximum absolute atomic E-state index is 12.7. The van der Waals surface area contributed by atoms with Crippen molar-refractivity contribution in [2.45, 2.75) is 44.7 Å². The zero-order valence-electron chi connectivity index (χ0n) is 10.3. The van der Waals surface area contributed by atoms with Gasteiger partial charge in [0.1, 0.15) is 5.75 Å². The third kappa shape index (κ3) is 5.92. The summed E-state index contributed by atoms with van der Waals surface area (Å²) < 4.78 is 18.3. The molecular weight excluding hydrogens is 239 g/mol. The highest BCUT2D eigenvalue weighted by atomic mass is 35.5. The first kappa shape index (κ1) is 14.3. The highest BCUT2D eigenvalue weighted by Gasteiger charge is 2.04. The molecule has 17 heavy (non-hydrogen) atoms. The van der Waals surface area contributed by atoms with Crippen molar-refractivity contribution < 1.29 is 9.13 Å². The quantitative estimate of drug-likeness (QED) is 0.457. The zero-order chi connectivity index (χ0) is 12.5. The van der Waals surface area contributed by atoms with Crippen LogP contribution in [0.3, 0.4) is 0 Å². The zero-order valence-corrected chi connectivity index (χ0v) is 11.0. The summed E-state index contributed by atoms with van der Waals surface area (Å²) in [5.41, 5.74) is -0.958. The number of unbranched alkanes of at least 4 members (excludes halogenated alkanes) is 4. The van der Waals surface area contributed by atoms with Crippen LogP contribution in [-0.4, -0.2) is 6.61 Å². The van der Waals surface area contributed by atoms with Crippen molar-refractivity contribution in [2.24, 2.45) is 0 Å². The summed E-state index contributed by atoms with van der Waals surface area (Å²) in [6.45, 7) is 2.93. The first-order valence-electron chi connectivity index (χ1n) is 6.25. The van der Waals surface area contributed by atoms with Crippen molar-refractivity contribution in [1.29, 1.82) is 0 Å². The molecule has 1 rings (SSSR count). The molecule has 0 fully saturated rings. The fourth-order valence-electron chi connectivity index (χ4n) is 1.61. The van der Waals surface area contributed by atoms with E-state index < -0.39 is 5.63 Å². The van der Waals surface area contributed by atoms with Crippen LogP contribution in [0.2, 0.25) is 0 Å². The maximum Gasteiger partial charge on any atom is 0.198 e.